The molecule has 0 bridgehead atoms. The number of hydrogen-bond acceptors (Lipinski definition) is 6. The van der Waals surface area contributed by atoms with Gasteiger partial charge < -0.3 is 9.84 Å². The van der Waals surface area contributed by atoms with Crippen LogP contribution in [0.2, 0.25) is 0 Å². The number of hydrogen-bond donors (Lipinski definition) is 1. The number of ketones is 1. The number of benzene rings is 1. The zero-order valence-corrected chi connectivity index (χ0v) is 16.5. The van der Waals surface area contributed by atoms with Crippen molar-refractivity contribution in [3.63, 3.8) is 0 Å². The van der Waals surface area contributed by atoms with Crippen molar-refractivity contribution in [3.8, 4) is 5.75 Å². The molecule has 2 aromatic rings. The van der Waals surface area contributed by atoms with Crippen LogP contribution < -0.4 is 0 Å². The lowest BCUT2D eigenvalue weighted by atomic mass is 9.70. The third kappa shape index (κ3) is 3.18. The number of esters is 1. The normalized spacial score (nSPS) is 24.6. The molecule has 0 saturated carbocycles. The monoisotopic (exact) mass is 395 g/mol. The Bertz CT molecular complexity index is 990. The average molecular weight is 395 g/mol. The van der Waals surface area contributed by atoms with Crippen LogP contribution in [0.4, 0.5) is 0 Å². The molecule has 5 nitrogen and oxygen atoms in total. The zero-order chi connectivity index (χ0) is 19.8. The number of rotatable bonds is 3. The Balaban J connectivity index is 1.84. The molecule has 2 aliphatic rings. The van der Waals surface area contributed by atoms with Gasteiger partial charge in [0, 0.05) is 40.1 Å². The van der Waals surface area contributed by atoms with Gasteiger partial charge in [-0.1, -0.05) is 18.2 Å². The van der Waals surface area contributed by atoms with Crippen LogP contribution in [0.1, 0.15) is 42.0 Å². The molecule has 144 valence electrons. The number of nitrogens with zero attached hydrogens (tertiary/aromatic N) is 1. The van der Waals surface area contributed by atoms with Gasteiger partial charge in [0.25, 0.3) is 0 Å². The Morgan fingerprint density at radius 3 is 2.75 bits per heavy atom. The molecule has 0 amide bonds. The Kier molecular flexibility index (Phi) is 4.89. The zero-order valence-electron chi connectivity index (χ0n) is 15.7. The van der Waals surface area contributed by atoms with Crippen molar-refractivity contribution < 1.29 is 19.4 Å². The lowest BCUT2D eigenvalue weighted by Gasteiger charge is -2.36. The van der Waals surface area contributed by atoms with Gasteiger partial charge in [0.1, 0.15) is 11.7 Å². The molecule has 1 aliphatic carbocycles. The number of thiophene rings is 1. The summed E-state index contributed by atoms with van der Waals surface area (Å²) < 4.78 is 5.02. The van der Waals surface area contributed by atoms with Crippen molar-refractivity contribution in [2.75, 3.05) is 7.11 Å². The summed E-state index contributed by atoms with van der Waals surface area (Å²) in [4.78, 5) is 31.7. The summed E-state index contributed by atoms with van der Waals surface area (Å²) in [5, 5.41) is 12.0. The molecule has 1 aromatic carbocycles. The first kappa shape index (κ1) is 18.6. The van der Waals surface area contributed by atoms with Crippen LogP contribution in [-0.2, 0) is 14.3 Å². The molecule has 4 rings (SSSR count). The number of aromatic hydroxyl groups is 1. The number of carbonyl (C=O) groups excluding carboxylic acids is 2. The summed E-state index contributed by atoms with van der Waals surface area (Å²) in [6, 6.07) is 10.8. The SMILES string of the molecule is COC(=O)C1C(C)=NC2=C(C(=O)C[C@H](c3cccs3)C2)[C@@H]1c1cccc(O)c1. The molecular formula is C22H21NO4S. The van der Waals surface area contributed by atoms with Crippen LogP contribution in [0.5, 0.6) is 5.75 Å². The Morgan fingerprint density at radius 2 is 2.07 bits per heavy atom. The van der Waals surface area contributed by atoms with Crippen LogP contribution in [0.3, 0.4) is 0 Å². The van der Waals surface area contributed by atoms with Gasteiger partial charge >= 0.3 is 5.97 Å². The molecule has 0 saturated heterocycles. The number of Topliss-reactive ketones (excluding diaryl/α,β-unsaturated/α-hetero) is 1. The van der Waals surface area contributed by atoms with Crippen LogP contribution in [0, 0.1) is 5.92 Å². The maximum Gasteiger partial charge on any atom is 0.315 e. The van der Waals surface area contributed by atoms with E-state index in [-0.39, 0.29) is 17.5 Å². The lowest BCUT2D eigenvalue weighted by molar-refractivity contribution is -0.143. The fraction of sp³-hybridized carbons (Fsp3) is 0.318. The second-order valence-electron chi connectivity index (χ2n) is 7.23. The van der Waals surface area contributed by atoms with Crippen LogP contribution in [0.15, 0.2) is 58.0 Å². The Labute approximate surface area is 167 Å². The molecule has 1 aliphatic heterocycles. The molecule has 6 heteroatoms. The Morgan fingerprint density at radius 1 is 1.25 bits per heavy atom. The molecule has 1 N–H and O–H groups in total. The fourth-order valence-electron chi connectivity index (χ4n) is 4.30. The van der Waals surface area contributed by atoms with Gasteiger partial charge in [-0.15, -0.1) is 11.3 Å². The summed E-state index contributed by atoms with van der Waals surface area (Å²) in [5.41, 5.74) is 2.69. The lowest BCUT2D eigenvalue weighted by Crippen LogP contribution is -2.37. The van der Waals surface area contributed by atoms with Gasteiger partial charge in [-0.05, 0) is 42.5 Å². The minimum atomic E-state index is -0.673. The molecule has 1 aromatic heterocycles. The average Bonchev–Trinajstić information content (AvgIpc) is 3.21. The quantitative estimate of drug-likeness (QED) is 0.790. The molecule has 0 radical (unpaired) electrons. The minimum absolute atomic E-state index is 0.0122. The number of allylic oxidation sites excluding steroid dienone is 2. The number of aliphatic imine (C=N–C) groups is 1. The summed E-state index contributed by atoms with van der Waals surface area (Å²) in [5.74, 6) is -1.37. The first-order valence-corrected chi connectivity index (χ1v) is 10.1. The molecule has 0 fully saturated rings. The predicted molar refractivity (Wildman–Crippen MR) is 108 cm³/mol. The van der Waals surface area contributed by atoms with E-state index in [2.05, 4.69) is 11.1 Å². The second kappa shape index (κ2) is 7.36. The van der Waals surface area contributed by atoms with Crippen molar-refractivity contribution in [2.45, 2.75) is 31.6 Å². The maximum atomic E-state index is 13.2. The van der Waals surface area contributed by atoms with Crippen molar-refractivity contribution in [1.29, 1.82) is 0 Å². The molecule has 2 heterocycles. The van der Waals surface area contributed by atoms with Gasteiger partial charge in [0.05, 0.1) is 7.11 Å². The van der Waals surface area contributed by atoms with E-state index in [1.54, 1.807) is 36.5 Å². The van der Waals surface area contributed by atoms with Crippen molar-refractivity contribution in [1.82, 2.24) is 0 Å². The third-order valence-electron chi connectivity index (χ3n) is 5.52. The minimum Gasteiger partial charge on any atom is -0.508 e. The number of ether oxygens (including phenoxy) is 1. The van der Waals surface area contributed by atoms with E-state index < -0.39 is 17.8 Å². The van der Waals surface area contributed by atoms with E-state index in [0.29, 0.717) is 24.1 Å². The van der Waals surface area contributed by atoms with Crippen molar-refractivity contribution >= 4 is 28.8 Å². The Hall–Kier alpha value is -2.73. The number of phenolic OH excluding ortho intramolecular Hbond substituents is 1. The second-order valence-corrected chi connectivity index (χ2v) is 8.21. The molecule has 1 unspecified atom stereocenters. The van der Waals surface area contributed by atoms with Crippen molar-refractivity contribution in [3.05, 3.63) is 63.5 Å². The van der Waals surface area contributed by atoms with Gasteiger partial charge in [0.15, 0.2) is 5.78 Å². The van der Waals surface area contributed by atoms with E-state index in [1.807, 2.05) is 17.5 Å². The number of methoxy groups -OCH3 is 1. The highest BCUT2D eigenvalue weighted by molar-refractivity contribution is 7.10. The van der Waals surface area contributed by atoms with Gasteiger partial charge in [-0.2, -0.15) is 0 Å². The maximum absolute atomic E-state index is 13.2. The highest BCUT2D eigenvalue weighted by Gasteiger charge is 2.44. The third-order valence-corrected chi connectivity index (χ3v) is 6.55. The van der Waals surface area contributed by atoms with E-state index in [4.69, 9.17) is 4.74 Å². The largest absolute Gasteiger partial charge is 0.508 e. The summed E-state index contributed by atoms with van der Waals surface area (Å²) in [6.07, 6.45) is 1.07. The summed E-state index contributed by atoms with van der Waals surface area (Å²) in [7, 11) is 1.34. The van der Waals surface area contributed by atoms with Gasteiger partial charge in [-0.3, -0.25) is 14.6 Å². The highest BCUT2D eigenvalue weighted by Crippen LogP contribution is 2.47. The van der Waals surface area contributed by atoms with Crippen LogP contribution >= 0.6 is 11.3 Å². The predicted octanol–water partition coefficient (Wildman–Crippen LogP) is 4.20. The molecular weight excluding hydrogens is 374 g/mol. The van der Waals surface area contributed by atoms with Crippen LogP contribution in [-0.4, -0.2) is 29.7 Å². The van der Waals surface area contributed by atoms with Crippen molar-refractivity contribution in [2.24, 2.45) is 10.9 Å². The number of carbonyl (C=O) groups is 2. The number of phenols is 1. The molecule has 0 spiro atoms. The standard InChI is InChI=1S/C22H21NO4S/c1-12-19(22(26)27-2)20(13-5-3-6-15(24)9-13)21-16(23-12)10-14(11-17(21)25)18-7-4-8-28-18/h3-9,14,19-20,24H,10-11H2,1-2H3/t14-,19?,20-/m1/s1. The highest BCUT2D eigenvalue weighted by atomic mass is 32.1. The van der Waals surface area contributed by atoms with E-state index in [0.717, 1.165) is 11.3 Å². The molecule has 28 heavy (non-hydrogen) atoms. The first-order chi connectivity index (χ1) is 13.5. The van der Waals surface area contributed by atoms with E-state index in [1.165, 1.54) is 12.0 Å². The topological polar surface area (TPSA) is 76.0 Å². The van der Waals surface area contributed by atoms with Gasteiger partial charge in [0.2, 0.25) is 0 Å². The summed E-state index contributed by atoms with van der Waals surface area (Å²) >= 11 is 1.65. The van der Waals surface area contributed by atoms with E-state index >= 15 is 0 Å². The van der Waals surface area contributed by atoms with Gasteiger partial charge in [-0.25, -0.2) is 0 Å². The fourth-order valence-corrected chi connectivity index (χ4v) is 5.13. The van der Waals surface area contributed by atoms with Crippen LogP contribution in [0.25, 0.3) is 0 Å². The van der Waals surface area contributed by atoms with E-state index in [9.17, 15) is 14.7 Å². The summed E-state index contributed by atoms with van der Waals surface area (Å²) in [6.45, 7) is 1.81. The smallest absolute Gasteiger partial charge is 0.315 e. The molecule has 3 atom stereocenters. The first-order valence-electron chi connectivity index (χ1n) is 9.21.